The van der Waals surface area contributed by atoms with Gasteiger partial charge in [0.2, 0.25) is 0 Å². The third-order valence-corrected chi connectivity index (χ3v) is 3.98. The Labute approximate surface area is 173 Å². The van der Waals surface area contributed by atoms with Gasteiger partial charge in [-0.05, 0) is 25.0 Å². The molecule has 2 atom stereocenters. The van der Waals surface area contributed by atoms with Crippen LogP contribution < -0.4 is 10.6 Å². The van der Waals surface area contributed by atoms with Crippen LogP contribution in [0.5, 0.6) is 0 Å². The lowest BCUT2D eigenvalue weighted by atomic mass is 10.2. The molecule has 0 spiro atoms. The molecule has 150 valence electrons. The zero-order valence-electron chi connectivity index (χ0n) is 16.0. The van der Waals surface area contributed by atoms with Crippen LogP contribution >= 0.6 is 24.0 Å². The van der Waals surface area contributed by atoms with E-state index in [4.69, 9.17) is 9.15 Å². The quantitative estimate of drug-likeness (QED) is 0.299. The van der Waals surface area contributed by atoms with Crippen molar-refractivity contribution < 1.29 is 14.3 Å². The maximum absolute atomic E-state index is 10.1. The Balaban J connectivity index is 0.00000338. The first-order valence-corrected chi connectivity index (χ1v) is 9.16. The third-order valence-electron chi connectivity index (χ3n) is 3.98. The summed E-state index contributed by atoms with van der Waals surface area (Å²) in [5.74, 6) is 1.87. The van der Waals surface area contributed by atoms with Crippen LogP contribution in [0.15, 0.2) is 27.8 Å². The lowest BCUT2D eigenvalue weighted by Crippen LogP contribution is -2.50. The molecule has 1 fully saturated rings. The smallest absolute Gasteiger partial charge is 0.191 e. The maximum Gasteiger partial charge on any atom is 0.191 e. The van der Waals surface area contributed by atoms with Crippen LogP contribution in [0.25, 0.3) is 0 Å². The number of morpholine rings is 1. The van der Waals surface area contributed by atoms with E-state index in [-0.39, 0.29) is 36.6 Å². The van der Waals surface area contributed by atoms with Gasteiger partial charge in [-0.2, -0.15) is 0 Å². The second-order valence-electron chi connectivity index (χ2n) is 6.78. The Hall–Kier alpha value is -0.840. The van der Waals surface area contributed by atoms with E-state index < -0.39 is 6.10 Å². The highest BCUT2D eigenvalue weighted by atomic mass is 127. The molecule has 2 heterocycles. The minimum atomic E-state index is -0.738. The number of halogens is 1. The summed E-state index contributed by atoms with van der Waals surface area (Å²) >= 11 is 0. The van der Waals surface area contributed by atoms with E-state index in [1.165, 1.54) is 0 Å². The summed E-state index contributed by atoms with van der Waals surface area (Å²) in [7, 11) is 0. The average molecular weight is 480 g/mol. The van der Waals surface area contributed by atoms with Crippen LogP contribution in [-0.2, 0) is 4.74 Å². The number of guanidine groups is 1. The molecule has 0 aromatic carbocycles. The number of hydrogen-bond donors (Lipinski definition) is 3. The van der Waals surface area contributed by atoms with E-state index in [1.54, 1.807) is 18.4 Å². The number of nitrogens with zero attached hydrogens (tertiary/aromatic N) is 2. The highest BCUT2D eigenvalue weighted by molar-refractivity contribution is 14.0. The minimum Gasteiger partial charge on any atom is -0.467 e. The Kier molecular flexibility index (Phi) is 11.2. The topological polar surface area (TPSA) is 82.3 Å². The molecule has 8 heteroatoms. The van der Waals surface area contributed by atoms with Crippen LogP contribution in [0.4, 0.5) is 0 Å². The lowest BCUT2D eigenvalue weighted by Gasteiger charge is -2.34. The van der Waals surface area contributed by atoms with Gasteiger partial charge in [0.15, 0.2) is 5.96 Å². The summed E-state index contributed by atoms with van der Waals surface area (Å²) in [6.07, 6.45) is 0.957. The van der Waals surface area contributed by atoms with Gasteiger partial charge in [-0.1, -0.05) is 13.8 Å². The highest BCUT2D eigenvalue weighted by Crippen LogP contribution is 2.13. The summed E-state index contributed by atoms with van der Waals surface area (Å²) in [6, 6.07) is 3.51. The van der Waals surface area contributed by atoms with Gasteiger partial charge in [-0.25, -0.2) is 0 Å². The molecule has 1 aromatic rings. The second-order valence-corrected chi connectivity index (χ2v) is 6.78. The average Bonchev–Trinajstić information content (AvgIpc) is 3.11. The summed E-state index contributed by atoms with van der Waals surface area (Å²) in [5, 5.41) is 16.6. The first-order valence-electron chi connectivity index (χ1n) is 9.16. The normalized spacial score (nSPS) is 19.9. The molecule has 0 bridgehead atoms. The molecule has 7 nitrogen and oxygen atoms in total. The van der Waals surface area contributed by atoms with E-state index in [0.717, 1.165) is 32.8 Å². The molecule has 26 heavy (non-hydrogen) atoms. The summed E-state index contributed by atoms with van der Waals surface area (Å²) in [5.41, 5.74) is 0. The molecular weight excluding hydrogens is 447 g/mol. The van der Waals surface area contributed by atoms with Gasteiger partial charge < -0.3 is 24.9 Å². The molecule has 1 aliphatic rings. The largest absolute Gasteiger partial charge is 0.467 e. The van der Waals surface area contributed by atoms with Gasteiger partial charge in [-0.3, -0.25) is 9.89 Å². The van der Waals surface area contributed by atoms with E-state index in [1.807, 2.05) is 6.92 Å². The molecule has 3 N–H and O–H groups in total. The zero-order valence-corrected chi connectivity index (χ0v) is 18.3. The molecule has 0 amide bonds. The summed E-state index contributed by atoms with van der Waals surface area (Å²) < 4.78 is 11.1. The van der Waals surface area contributed by atoms with Crippen LogP contribution in [0, 0.1) is 5.92 Å². The summed E-state index contributed by atoms with van der Waals surface area (Å²) in [4.78, 5) is 6.89. The van der Waals surface area contributed by atoms with Crippen molar-refractivity contribution in [2.45, 2.75) is 33.0 Å². The predicted molar refractivity (Wildman–Crippen MR) is 114 cm³/mol. The van der Waals surface area contributed by atoms with Gasteiger partial charge in [0.25, 0.3) is 0 Å². The van der Waals surface area contributed by atoms with Crippen LogP contribution in [0.2, 0.25) is 0 Å². The Morgan fingerprint density at radius 3 is 2.88 bits per heavy atom. The van der Waals surface area contributed by atoms with E-state index >= 15 is 0 Å². The Morgan fingerprint density at radius 2 is 2.23 bits per heavy atom. The Morgan fingerprint density at radius 1 is 1.42 bits per heavy atom. The minimum absolute atomic E-state index is 0. The molecule has 1 saturated heterocycles. The molecule has 0 radical (unpaired) electrons. The SMILES string of the molecule is CCNC(=NCC(O)c1ccco1)NCC1CN(CC(C)C)CCO1.I. The fourth-order valence-electron chi connectivity index (χ4n) is 2.89. The fourth-order valence-corrected chi connectivity index (χ4v) is 2.89. The lowest BCUT2D eigenvalue weighted by molar-refractivity contribution is -0.0284. The third kappa shape index (κ3) is 8.24. The second kappa shape index (κ2) is 12.5. The molecule has 2 unspecified atom stereocenters. The first kappa shape index (κ1) is 23.2. The van der Waals surface area contributed by atoms with Crippen molar-refractivity contribution in [2.75, 3.05) is 45.9 Å². The van der Waals surface area contributed by atoms with Crippen molar-refractivity contribution in [1.82, 2.24) is 15.5 Å². The number of aliphatic hydroxyl groups excluding tert-OH is 1. The van der Waals surface area contributed by atoms with Gasteiger partial charge in [0, 0.05) is 32.7 Å². The number of furan rings is 1. The van der Waals surface area contributed by atoms with Crippen molar-refractivity contribution in [2.24, 2.45) is 10.9 Å². The van der Waals surface area contributed by atoms with Gasteiger partial charge in [0.05, 0.1) is 25.5 Å². The maximum atomic E-state index is 10.1. The van der Waals surface area contributed by atoms with Crippen LogP contribution in [0.3, 0.4) is 0 Å². The van der Waals surface area contributed by atoms with Gasteiger partial charge >= 0.3 is 0 Å². The van der Waals surface area contributed by atoms with E-state index in [9.17, 15) is 5.11 Å². The van der Waals surface area contributed by atoms with Crippen molar-refractivity contribution in [3.8, 4) is 0 Å². The molecule has 0 aliphatic carbocycles. The van der Waals surface area contributed by atoms with E-state index in [0.29, 0.717) is 24.2 Å². The van der Waals surface area contributed by atoms with Crippen LogP contribution in [0.1, 0.15) is 32.6 Å². The molecule has 1 aliphatic heterocycles. The summed E-state index contributed by atoms with van der Waals surface area (Å²) in [6.45, 7) is 12.0. The van der Waals surface area contributed by atoms with Crippen molar-refractivity contribution in [3.05, 3.63) is 24.2 Å². The van der Waals surface area contributed by atoms with Crippen molar-refractivity contribution in [1.29, 1.82) is 0 Å². The van der Waals surface area contributed by atoms with Crippen molar-refractivity contribution in [3.63, 3.8) is 0 Å². The highest BCUT2D eigenvalue weighted by Gasteiger charge is 2.21. The number of rotatable bonds is 8. The fraction of sp³-hybridized carbons (Fsp3) is 0.722. The van der Waals surface area contributed by atoms with Crippen molar-refractivity contribution >= 4 is 29.9 Å². The molecule has 0 saturated carbocycles. The number of aliphatic hydroxyl groups is 1. The van der Waals surface area contributed by atoms with Gasteiger partial charge in [-0.15, -0.1) is 24.0 Å². The predicted octanol–water partition coefficient (Wildman–Crippen LogP) is 1.84. The van der Waals surface area contributed by atoms with Crippen LogP contribution in [-0.4, -0.2) is 67.9 Å². The number of nitrogens with one attached hydrogen (secondary N) is 2. The number of aliphatic imine (C=N–C) groups is 1. The number of hydrogen-bond acceptors (Lipinski definition) is 5. The molecular formula is C18H33IN4O3. The Bertz CT molecular complexity index is 511. The standard InChI is InChI=1S/C18H32N4O3.HI/c1-4-19-18(21-11-16(23)17-6-5-8-25-17)20-10-15-13-22(7-9-24-15)12-14(2)3;/h5-6,8,14-16,23H,4,7,9-13H2,1-3H3,(H2,19,20,21);1H. The number of ether oxygens (including phenoxy) is 1. The first-order chi connectivity index (χ1) is 12.1. The molecule has 2 rings (SSSR count). The van der Waals surface area contributed by atoms with Gasteiger partial charge in [0.1, 0.15) is 11.9 Å². The molecule has 1 aromatic heterocycles. The van der Waals surface area contributed by atoms with E-state index in [2.05, 4.69) is 34.4 Å². The zero-order chi connectivity index (χ0) is 18.1. The monoisotopic (exact) mass is 480 g/mol.